The number of hydrogen-bond acceptors (Lipinski definition) is 3. The molecule has 1 aromatic carbocycles. The fourth-order valence-corrected chi connectivity index (χ4v) is 2.46. The van der Waals surface area contributed by atoms with E-state index in [0.717, 1.165) is 12.8 Å². The number of rotatable bonds is 3. The van der Waals surface area contributed by atoms with Crippen molar-refractivity contribution in [3.8, 4) is 5.75 Å². The second-order valence-corrected chi connectivity index (χ2v) is 5.40. The highest BCUT2D eigenvalue weighted by Crippen LogP contribution is 2.18. The Morgan fingerprint density at radius 1 is 1.47 bits per heavy atom. The molecule has 1 amide bonds. The van der Waals surface area contributed by atoms with Crippen LogP contribution < -0.4 is 10.5 Å². The smallest absolute Gasteiger partial charge is 0.260 e. The van der Waals surface area contributed by atoms with Crippen molar-refractivity contribution in [1.82, 2.24) is 4.90 Å². The van der Waals surface area contributed by atoms with Gasteiger partial charge >= 0.3 is 0 Å². The molecule has 4 nitrogen and oxygen atoms in total. The minimum atomic E-state index is 0.00866. The van der Waals surface area contributed by atoms with Gasteiger partial charge in [0.25, 0.3) is 5.91 Å². The summed E-state index contributed by atoms with van der Waals surface area (Å²) in [6, 6.07) is 7.38. The van der Waals surface area contributed by atoms with Gasteiger partial charge in [0.05, 0.1) is 0 Å². The zero-order chi connectivity index (χ0) is 13.8. The lowest BCUT2D eigenvalue weighted by atomic mass is 9.99. The molecule has 1 heterocycles. The summed E-state index contributed by atoms with van der Waals surface area (Å²) in [7, 11) is 0. The molecular weight excluding hydrogens is 264 g/mol. The third kappa shape index (κ3) is 3.85. The third-order valence-electron chi connectivity index (χ3n) is 3.41. The van der Waals surface area contributed by atoms with Crippen molar-refractivity contribution in [3.05, 3.63) is 29.3 Å². The summed E-state index contributed by atoms with van der Waals surface area (Å²) < 4.78 is 5.47. The van der Waals surface area contributed by atoms with Crippen molar-refractivity contribution >= 4 is 17.5 Å². The van der Waals surface area contributed by atoms with Gasteiger partial charge in [-0.25, -0.2) is 0 Å². The SMILES string of the molecule is CC1CC(N)CCN1C(=O)COc1ccc(Cl)cc1. The lowest BCUT2D eigenvalue weighted by Crippen LogP contribution is -2.49. The fraction of sp³-hybridized carbons (Fsp3) is 0.500. The topological polar surface area (TPSA) is 55.6 Å². The maximum atomic E-state index is 12.1. The summed E-state index contributed by atoms with van der Waals surface area (Å²) >= 11 is 5.79. The highest BCUT2D eigenvalue weighted by molar-refractivity contribution is 6.30. The molecule has 0 radical (unpaired) electrons. The molecular formula is C14H19ClN2O2. The van der Waals surface area contributed by atoms with Crippen molar-refractivity contribution < 1.29 is 9.53 Å². The molecule has 0 aromatic heterocycles. The van der Waals surface area contributed by atoms with Gasteiger partial charge in [0, 0.05) is 23.7 Å². The number of nitrogens with two attached hydrogens (primary N) is 1. The van der Waals surface area contributed by atoms with Gasteiger partial charge in [0.15, 0.2) is 6.61 Å². The first-order chi connectivity index (χ1) is 9.06. The Labute approximate surface area is 118 Å². The molecule has 1 saturated heterocycles. The van der Waals surface area contributed by atoms with Gasteiger partial charge in [-0.05, 0) is 44.0 Å². The van der Waals surface area contributed by atoms with Gasteiger partial charge in [0.1, 0.15) is 5.75 Å². The molecule has 2 atom stereocenters. The molecule has 1 fully saturated rings. The zero-order valence-corrected chi connectivity index (χ0v) is 11.8. The third-order valence-corrected chi connectivity index (χ3v) is 3.66. The van der Waals surface area contributed by atoms with Crippen molar-refractivity contribution in [2.75, 3.05) is 13.2 Å². The van der Waals surface area contributed by atoms with Crippen LogP contribution in [0, 0.1) is 0 Å². The molecule has 2 unspecified atom stereocenters. The van der Waals surface area contributed by atoms with Gasteiger partial charge in [-0.2, -0.15) is 0 Å². The average molecular weight is 283 g/mol. The molecule has 1 aromatic rings. The first-order valence-electron chi connectivity index (χ1n) is 6.49. The Morgan fingerprint density at radius 3 is 2.79 bits per heavy atom. The minimum absolute atomic E-state index is 0.00866. The van der Waals surface area contributed by atoms with Crippen LogP contribution in [0.5, 0.6) is 5.75 Å². The van der Waals surface area contributed by atoms with Crippen LogP contribution in [0.2, 0.25) is 5.02 Å². The summed E-state index contributed by atoms with van der Waals surface area (Å²) in [5.41, 5.74) is 5.88. The van der Waals surface area contributed by atoms with Gasteiger partial charge in [-0.1, -0.05) is 11.6 Å². The van der Waals surface area contributed by atoms with Crippen LogP contribution >= 0.6 is 11.6 Å². The predicted molar refractivity (Wildman–Crippen MR) is 75.3 cm³/mol. The van der Waals surface area contributed by atoms with E-state index >= 15 is 0 Å². The first-order valence-corrected chi connectivity index (χ1v) is 6.87. The monoisotopic (exact) mass is 282 g/mol. The predicted octanol–water partition coefficient (Wildman–Crippen LogP) is 2.06. The van der Waals surface area contributed by atoms with Crippen molar-refractivity contribution in [2.45, 2.75) is 31.8 Å². The Balaban J connectivity index is 1.85. The van der Waals surface area contributed by atoms with Gasteiger partial charge < -0.3 is 15.4 Å². The molecule has 0 saturated carbocycles. The molecule has 104 valence electrons. The van der Waals surface area contributed by atoms with E-state index in [9.17, 15) is 4.79 Å². The number of halogens is 1. The number of piperidine rings is 1. The van der Waals surface area contributed by atoms with Crippen LogP contribution in [-0.2, 0) is 4.79 Å². The zero-order valence-electron chi connectivity index (χ0n) is 11.0. The van der Waals surface area contributed by atoms with Crippen LogP contribution in [0.25, 0.3) is 0 Å². The number of amides is 1. The van der Waals surface area contributed by atoms with Crippen molar-refractivity contribution in [3.63, 3.8) is 0 Å². The largest absolute Gasteiger partial charge is 0.484 e. The Kier molecular flexibility index (Phi) is 4.66. The maximum absolute atomic E-state index is 12.1. The standard InChI is InChI=1S/C14H19ClN2O2/c1-10-8-12(16)6-7-17(10)14(18)9-19-13-4-2-11(15)3-5-13/h2-5,10,12H,6-9,16H2,1H3. The fourth-order valence-electron chi connectivity index (χ4n) is 2.34. The molecule has 2 N–H and O–H groups in total. The van der Waals surface area contributed by atoms with E-state index < -0.39 is 0 Å². The molecule has 2 rings (SSSR count). The second kappa shape index (κ2) is 6.26. The van der Waals surface area contributed by atoms with Gasteiger partial charge in [-0.3, -0.25) is 4.79 Å². The number of hydrogen-bond donors (Lipinski definition) is 1. The first kappa shape index (κ1) is 14.2. The number of benzene rings is 1. The van der Waals surface area contributed by atoms with E-state index in [0.29, 0.717) is 17.3 Å². The highest BCUT2D eigenvalue weighted by Gasteiger charge is 2.26. The van der Waals surface area contributed by atoms with Gasteiger partial charge in [0.2, 0.25) is 0 Å². The van der Waals surface area contributed by atoms with E-state index in [-0.39, 0.29) is 24.6 Å². The molecule has 0 aliphatic carbocycles. The van der Waals surface area contributed by atoms with Crippen LogP contribution in [0.15, 0.2) is 24.3 Å². The lowest BCUT2D eigenvalue weighted by molar-refractivity contribution is -0.136. The van der Waals surface area contributed by atoms with Crippen LogP contribution in [0.4, 0.5) is 0 Å². The second-order valence-electron chi connectivity index (χ2n) is 4.96. The van der Waals surface area contributed by atoms with Crippen molar-refractivity contribution in [2.24, 2.45) is 5.73 Å². The quantitative estimate of drug-likeness (QED) is 0.923. The minimum Gasteiger partial charge on any atom is -0.484 e. The number of carbonyl (C=O) groups excluding carboxylic acids is 1. The number of likely N-dealkylation sites (tertiary alicyclic amines) is 1. The molecule has 0 spiro atoms. The molecule has 1 aliphatic rings. The average Bonchev–Trinajstić information content (AvgIpc) is 2.37. The molecule has 5 heteroatoms. The maximum Gasteiger partial charge on any atom is 0.260 e. The summed E-state index contributed by atoms with van der Waals surface area (Å²) in [5, 5.41) is 0.650. The van der Waals surface area contributed by atoms with Gasteiger partial charge in [-0.15, -0.1) is 0 Å². The Morgan fingerprint density at radius 2 is 2.16 bits per heavy atom. The summed E-state index contributed by atoms with van der Waals surface area (Å²) in [4.78, 5) is 13.9. The van der Waals surface area contributed by atoms with E-state index in [4.69, 9.17) is 22.1 Å². The molecule has 1 aliphatic heterocycles. The molecule has 19 heavy (non-hydrogen) atoms. The summed E-state index contributed by atoms with van der Waals surface area (Å²) in [6.45, 7) is 2.80. The summed E-state index contributed by atoms with van der Waals surface area (Å²) in [6.07, 6.45) is 1.71. The normalized spacial score (nSPS) is 23.2. The Hall–Kier alpha value is -1.26. The van der Waals surface area contributed by atoms with Crippen LogP contribution in [-0.4, -0.2) is 36.0 Å². The number of nitrogens with zero attached hydrogens (tertiary/aromatic N) is 1. The lowest BCUT2D eigenvalue weighted by Gasteiger charge is -2.36. The number of carbonyl (C=O) groups is 1. The van der Waals surface area contributed by atoms with E-state index in [2.05, 4.69) is 0 Å². The van der Waals surface area contributed by atoms with Crippen LogP contribution in [0.3, 0.4) is 0 Å². The van der Waals surface area contributed by atoms with E-state index in [1.54, 1.807) is 24.3 Å². The number of ether oxygens (including phenoxy) is 1. The van der Waals surface area contributed by atoms with E-state index in [1.807, 2.05) is 11.8 Å². The summed E-state index contributed by atoms with van der Waals surface area (Å²) in [5.74, 6) is 0.661. The van der Waals surface area contributed by atoms with Crippen LogP contribution in [0.1, 0.15) is 19.8 Å². The Bertz CT molecular complexity index is 436. The van der Waals surface area contributed by atoms with E-state index in [1.165, 1.54) is 0 Å². The molecule has 0 bridgehead atoms. The highest BCUT2D eigenvalue weighted by atomic mass is 35.5. The van der Waals surface area contributed by atoms with Crippen molar-refractivity contribution in [1.29, 1.82) is 0 Å².